The van der Waals surface area contributed by atoms with E-state index in [1.165, 1.54) is 0 Å². The molecular formula is C9H14BNO3. The van der Waals surface area contributed by atoms with E-state index in [4.69, 9.17) is 14.4 Å². The number of nitrogens with one attached hydrogen (secondary N) is 1. The smallest absolute Gasteiger partial charge is 0.504 e. The predicted molar refractivity (Wildman–Crippen MR) is 56.8 cm³/mol. The molecule has 14 heavy (non-hydrogen) atoms. The standard InChI is InChI=1S/C9H14BNO3/c1-13-7-6-11-8-2-4-9(5-3-8)14-10-12/h2-5,10-12H,6-7H2,1H3. The molecular weight excluding hydrogens is 181 g/mol. The molecule has 0 bridgehead atoms. The molecule has 0 aliphatic heterocycles. The highest BCUT2D eigenvalue weighted by Crippen LogP contribution is 2.14. The van der Waals surface area contributed by atoms with E-state index in [1.54, 1.807) is 19.2 Å². The summed E-state index contributed by atoms with van der Waals surface area (Å²) in [5.41, 5.74) is 1.01. The summed E-state index contributed by atoms with van der Waals surface area (Å²) in [7, 11) is 1.37. The van der Waals surface area contributed by atoms with Crippen molar-refractivity contribution >= 4 is 13.4 Å². The Balaban J connectivity index is 2.38. The Morgan fingerprint density at radius 1 is 1.36 bits per heavy atom. The second kappa shape index (κ2) is 6.29. The molecule has 1 aromatic carbocycles. The van der Waals surface area contributed by atoms with E-state index >= 15 is 0 Å². The normalized spacial score (nSPS) is 9.57. The van der Waals surface area contributed by atoms with Gasteiger partial charge in [0.2, 0.25) is 0 Å². The third-order valence-electron chi connectivity index (χ3n) is 1.72. The first kappa shape index (κ1) is 10.9. The lowest BCUT2D eigenvalue weighted by Gasteiger charge is -2.06. The molecule has 0 heterocycles. The van der Waals surface area contributed by atoms with Crippen LogP contribution in [0.1, 0.15) is 0 Å². The van der Waals surface area contributed by atoms with Gasteiger partial charge in [-0.1, -0.05) is 0 Å². The molecule has 5 heteroatoms. The van der Waals surface area contributed by atoms with Gasteiger partial charge in [0.1, 0.15) is 5.75 Å². The van der Waals surface area contributed by atoms with Crippen LogP contribution in [-0.4, -0.2) is 33.0 Å². The average Bonchev–Trinajstić information content (AvgIpc) is 2.21. The molecule has 1 aromatic rings. The SMILES string of the molecule is COCCNc1ccc(OBO)cc1. The minimum atomic E-state index is -0.295. The first-order valence-electron chi connectivity index (χ1n) is 4.43. The van der Waals surface area contributed by atoms with E-state index in [9.17, 15) is 0 Å². The van der Waals surface area contributed by atoms with E-state index in [1.807, 2.05) is 12.1 Å². The van der Waals surface area contributed by atoms with Gasteiger partial charge >= 0.3 is 7.69 Å². The van der Waals surface area contributed by atoms with E-state index in [-0.39, 0.29) is 7.69 Å². The molecule has 0 amide bonds. The Hall–Kier alpha value is -1.20. The Kier molecular flexibility index (Phi) is 4.89. The molecule has 2 N–H and O–H groups in total. The van der Waals surface area contributed by atoms with Crippen molar-refractivity contribution in [1.82, 2.24) is 0 Å². The summed E-state index contributed by atoms with van der Waals surface area (Å²) in [4.78, 5) is 0. The summed E-state index contributed by atoms with van der Waals surface area (Å²) < 4.78 is 9.80. The van der Waals surface area contributed by atoms with Crippen molar-refractivity contribution in [2.24, 2.45) is 0 Å². The van der Waals surface area contributed by atoms with E-state index in [0.29, 0.717) is 12.4 Å². The van der Waals surface area contributed by atoms with Crippen LogP contribution < -0.4 is 9.97 Å². The van der Waals surface area contributed by atoms with Gasteiger partial charge in [-0.3, -0.25) is 0 Å². The third-order valence-corrected chi connectivity index (χ3v) is 1.72. The maximum absolute atomic E-state index is 8.51. The van der Waals surface area contributed by atoms with Gasteiger partial charge in [0.25, 0.3) is 0 Å². The third kappa shape index (κ3) is 3.68. The first-order chi connectivity index (χ1) is 6.86. The van der Waals surface area contributed by atoms with Crippen molar-refractivity contribution in [3.8, 4) is 5.75 Å². The van der Waals surface area contributed by atoms with Gasteiger partial charge in [-0.25, -0.2) is 0 Å². The van der Waals surface area contributed by atoms with Gasteiger partial charge in [-0.05, 0) is 24.3 Å². The minimum Gasteiger partial charge on any atom is -0.539 e. The molecule has 0 spiro atoms. The quantitative estimate of drug-likeness (QED) is 0.509. The summed E-state index contributed by atoms with van der Waals surface area (Å²) in [6, 6.07) is 7.37. The topological polar surface area (TPSA) is 50.7 Å². The van der Waals surface area contributed by atoms with Crippen LogP contribution in [0.15, 0.2) is 24.3 Å². The highest BCUT2D eigenvalue weighted by atomic mass is 16.5. The molecule has 0 aliphatic rings. The highest BCUT2D eigenvalue weighted by molar-refractivity contribution is 6.17. The molecule has 0 fully saturated rings. The lowest BCUT2D eigenvalue weighted by Crippen LogP contribution is -2.07. The number of anilines is 1. The largest absolute Gasteiger partial charge is 0.539 e. The molecule has 0 radical (unpaired) electrons. The Labute approximate surface area is 84.2 Å². The average molecular weight is 195 g/mol. The van der Waals surface area contributed by atoms with Crippen LogP contribution in [0.5, 0.6) is 5.75 Å². The summed E-state index contributed by atoms with van der Waals surface area (Å²) >= 11 is 0. The predicted octanol–water partition coefficient (Wildman–Crippen LogP) is 0.382. The number of hydrogen-bond acceptors (Lipinski definition) is 4. The second-order valence-electron chi connectivity index (χ2n) is 2.72. The van der Waals surface area contributed by atoms with Gasteiger partial charge in [0, 0.05) is 19.3 Å². The summed E-state index contributed by atoms with van der Waals surface area (Å²) in [5, 5.41) is 11.7. The summed E-state index contributed by atoms with van der Waals surface area (Å²) in [6.45, 7) is 1.45. The summed E-state index contributed by atoms with van der Waals surface area (Å²) in [5.74, 6) is 0.657. The van der Waals surface area contributed by atoms with Gasteiger partial charge < -0.3 is 19.7 Å². The van der Waals surface area contributed by atoms with E-state index < -0.39 is 0 Å². The van der Waals surface area contributed by atoms with Crippen LogP contribution in [0.2, 0.25) is 0 Å². The van der Waals surface area contributed by atoms with E-state index in [0.717, 1.165) is 12.2 Å². The second-order valence-corrected chi connectivity index (χ2v) is 2.72. The zero-order valence-corrected chi connectivity index (χ0v) is 8.19. The summed E-state index contributed by atoms with van der Waals surface area (Å²) in [6.07, 6.45) is 0. The fourth-order valence-corrected chi connectivity index (χ4v) is 1.04. The van der Waals surface area contributed by atoms with Crippen LogP contribution in [0.25, 0.3) is 0 Å². The van der Waals surface area contributed by atoms with Crippen LogP contribution in [0.4, 0.5) is 5.69 Å². The van der Waals surface area contributed by atoms with Gasteiger partial charge in [-0.15, -0.1) is 0 Å². The van der Waals surface area contributed by atoms with Gasteiger partial charge in [0.15, 0.2) is 0 Å². The number of benzene rings is 1. The Morgan fingerprint density at radius 2 is 2.07 bits per heavy atom. The van der Waals surface area contributed by atoms with Crippen LogP contribution in [-0.2, 0) is 4.74 Å². The lowest BCUT2D eigenvalue weighted by atomic mass is 10.3. The Bertz CT molecular complexity index is 253. The van der Waals surface area contributed by atoms with Crippen LogP contribution >= 0.6 is 0 Å². The molecule has 76 valence electrons. The maximum atomic E-state index is 8.51. The maximum Gasteiger partial charge on any atom is 0.504 e. The number of ether oxygens (including phenoxy) is 1. The van der Waals surface area contributed by atoms with Crippen molar-refractivity contribution in [3.63, 3.8) is 0 Å². The van der Waals surface area contributed by atoms with E-state index in [2.05, 4.69) is 5.32 Å². The monoisotopic (exact) mass is 195 g/mol. The van der Waals surface area contributed by atoms with Crippen LogP contribution in [0, 0.1) is 0 Å². The molecule has 0 aromatic heterocycles. The van der Waals surface area contributed by atoms with Crippen molar-refractivity contribution in [2.45, 2.75) is 0 Å². The molecule has 0 unspecified atom stereocenters. The minimum absolute atomic E-state index is 0.295. The van der Waals surface area contributed by atoms with Gasteiger partial charge in [0.05, 0.1) is 6.61 Å². The highest BCUT2D eigenvalue weighted by Gasteiger charge is 1.94. The van der Waals surface area contributed by atoms with Crippen molar-refractivity contribution in [2.75, 3.05) is 25.6 Å². The molecule has 4 nitrogen and oxygen atoms in total. The first-order valence-corrected chi connectivity index (χ1v) is 4.43. The van der Waals surface area contributed by atoms with Crippen molar-refractivity contribution in [3.05, 3.63) is 24.3 Å². The van der Waals surface area contributed by atoms with Gasteiger partial charge in [-0.2, -0.15) is 0 Å². The number of rotatable bonds is 6. The van der Waals surface area contributed by atoms with Crippen LogP contribution in [0.3, 0.4) is 0 Å². The zero-order chi connectivity index (χ0) is 10.2. The molecule has 0 aliphatic carbocycles. The zero-order valence-electron chi connectivity index (χ0n) is 8.19. The van der Waals surface area contributed by atoms with Crippen molar-refractivity contribution in [1.29, 1.82) is 0 Å². The molecule has 1 rings (SSSR count). The van der Waals surface area contributed by atoms with Crippen molar-refractivity contribution < 1.29 is 14.4 Å². The molecule has 0 saturated heterocycles. The Morgan fingerprint density at radius 3 is 2.64 bits per heavy atom. The molecule has 0 saturated carbocycles. The number of methoxy groups -OCH3 is 1. The molecule has 0 atom stereocenters. The number of hydrogen-bond donors (Lipinski definition) is 2. The fraction of sp³-hybridized carbons (Fsp3) is 0.333. The lowest BCUT2D eigenvalue weighted by molar-refractivity contribution is 0.211. The fourth-order valence-electron chi connectivity index (χ4n) is 1.04.